The first-order valence-electron chi connectivity index (χ1n) is 4.50. The molecular weight excluding hydrogens is 200 g/mol. The third kappa shape index (κ3) is 5.39. The fourth-order valence-electron chi connectivity index (χ4n) is 0.820. The molecule has 1 atom stereocenters. The molecule has 2 N–H and O–H groups in total. The summed E-state index contributed by atoms with van der Waals surface area (Å²) in [5.74, 6) is -3.94. The van der Waals surface area contributed by atoms with E-state index in [0.717, 1.165) is 6.54 Å². The van der Waals surface area contributed by atoms with Gasteiger partial charge in [-0.2, -0.15) is 8.78 Å². The smallest absolute Gasteiger partial charge is 0.315 e. The van der Waals surface area contributed by atoms with Crippen molar-refractivity contribution < 1.29 is 17.6 Å². The first-order valence-corrected chi connectivity index (χ1v) is 4.50. The Bertz CT molecular complexity index is 152. The number of nitrogens with one attached hydrogen (secondary N) is 2. The van der Waals surface area contributed by atoms with E-state index in [9.17, 15) is 17.6 Å². The topological polar surface area (TPSA) is 24.1 Å². The second-order valence-electron chi connectivity index (χ2n) is 3.15. The van der Waals surface area contributed by atoms with Gasteiger partial charge in [0.15, 0.2) is 0 Å². The zero-order valence-electron chi connectivity index (χ0n) is 8.29. The Hall–Kier alpha value is -0.360. The summed E-state index contributed by atoms with van der Waals surface area (Å²) < 4.78 is 48.2. The van der Waals surface area contributed by atoms with Crippen LogP contribution in [0.3, 0.4) is 0 Å². The molecule has 0 amide bonds. The minimum absolute atomic E-state index is 0.250. The van der Waals surface area contributed by atoms with Gasteiger partial charge in [-0.05, 0) is 13.5 Å². The van der Waals surface area contributed by atoms with Gasteiger partial charge in [-0.1, -0.05) is 6.92 Å². The van der Waals surface area contributed by atoms with E-state index >= 15 is 0 Å². The van der Waals surface area contributed by atoms with Crippen LogP contribution in [0.25, 0.3) is 0 Å². The van der Waals surface area contributed by atoms with Crippen LogP contribution in [0.1, 0.15) is 13.8 Å². The largest absolute Gasteiger partial charge is 0.319 e. The zero-order chi connectivity index (χ0) is 11.2. The van der Waals surface area contributed by atoms with Gasteiger partial charge in [-0.3, -0.25) is 0 Å². The molecule has 0 aromatic rings. The Balaban J connectivity index is 3.70. The minimum atomic E-state index is -3.94. The third-order valence-electron chi connectivity index (χ3n) is 1.71. The van der Waals surface area contributed by atoms with Crippen molar-refractivity contribution in [2.45, 2.75) is 32.2 Å². The SMILES string of the molecule is CCNCC(C)NCC(F)(F)C(F)F. The number of hydrogen-bond donors (Lipinski definition) is 2. The van der Waals surface area contributed by atoms with E-state index in [1.165, 1.54) is 0 Å². The van der Waals surface area contributed by atoms with Crippen LogP contribution in [0, 0.1) is 0 Å². The average Bonchev–Trinajstić information content (AvgIpc) is 2.11. The van der Waals surface area contributed by atoms with Crippen LogP contribution in [-0.2, 0) is 0 Å². The Kier molecular flexibility index (Phi) is 6.03. The van der Waals surface area contributed by atoms with Gasteiger partial charge in [-0.15, -0.1) is 0 Å². The second-order valence-corrected chi connectivity index (χ2v) is 3.15. The highest BCUT2D eigenvalue weighted by Gasteiger charge is 2.40. The first kappa shape index (κ1) is 13.6. The van der Waals surface area contributed by atoms with Crippen LogP contribution < -0.4 is 10.6 Å². The lowest BCUT2D eigenvalue weighted by Gasteiger charge is -2.19. The van der Waals surface area contributed by atoms with Crippen LogP contribution >= 0.6 is 0 Å². The molecule has 0 spiro atoms. The molecule has 0 saturated heterocycles. The number of alkyl halides is 4. The highest BCUT2D eigenvalue weighted by atomic mass is 19.3. The van der Waals surface area contributed by atoms with E-state index in [2.05, 4.69) is 10.6 Å². The fourth-order valence-corrected chi connectivity index (χ4v) is 0.820. The fraction of sp³-hybridized carbons (Fsp3) is 1.00. The summed E-state index contributed by atoms with van der Waals surface area (Å²) in [6.07, 6.45) is -3.61. The summed E-state index contributed by atoms with van der Waals surface area (Å²) in [4.78, 5) is 0. The minimum Gasteiger partial charge on any atom is -0.315 e. The maximum atomic E-state index is 12.4. The van der Waals surface area contributed by atoms with Gasteiger partial charge in [0.1, 0.15) is 0 Å². The van der Waals surface area contributed by atoms with Crippen molar-refractivity contribution in [3.8, 4) is 0 Å². The lowest BCUT2D eigenvalue weighted by molar-refractivity contribution is -0.126. The van der Waals surface area contributed by atoms with Gasteiger partial charge in [0.2, 0.25) is 0 Å². The molecule has 0 heterocycles. The number of likely N-dealkylation sites (N-methyl/N-ethyl adjacent to an activating group) is 1. The zero-order valence-corrected chi connectivity index (χ0v) is 8.29. The molecule has 0 fully saturated rings. The maximum Gasteiger partial charge on any atom is 0.319 e. The van der Waals surface area contributed by atoms with Gasteiger partial charge >= 0.3 is 12.3 Å². The predicted octanol–water partition coefficient (Wildman–Crippen LogP) is 1.47. The van der Waals surface area contributed by atoms with Crippen molar-refractivity contribution in [1.82, 2.24) is 10.6 Å². The number of rotatable bonds is 7. The molecule has 0 aromatic carbocycles. The molecule has 0 aromatic heterocycles. The van der Waals surface area contributed by atoms with Crippen molar-refractivity contribution in [2.75, 3.05) is 19.6 Å². The van der Waals surface area contributed by atoms with E-state index in [0.29, 0.717) is 6.54 Å². The maximum absolute atomic E-state index is 12.4. The molecule has 14 heavy (non-hydrogen) atoms. The van der Waals surface area contributed by atoms with E-state index in [1.807, 2.05) is 6.92 Å². The molecule has 1 unspecified atom stereocenters. The Morgan fingerprint density at radius 3 is 2.29 bits per heavy atom. The van der Waals surface area contributed by atoms with E-state index in [-0.39, 0.29) is 6.04 Å². The molecule has 0 aliphatic carbocycles. The van der Waals surface area contributed by atoms with Crippen LogP contribution in [0.2, 0.25) is 0 Å². The lowest BCUT2D eigenvalue weighted by atomic mass is 10.3. The van der Waals surface area contributed by atoms with Gasteiger partial charge in [0, 0.05) is 12.6 Å². The van der Waals surface area contributed by atoms with E-state index < -0.39 is 18.9 Å². The molecule has 0 rings (SSSR count). The number of halogens is 4. The summed E-state index contributed by atoms with van der Waals surface area (Å²) in [5, 5.41) is 5.27. The van der Waals surface area contributed by atoms with Crippen molar-refractivity contribution in [2.24, 2.45) is 0 Å². The lowest BCUT2D eigenvalue weighted by Crippen LogP contribution is -2.45. The summed E-state index contributed by atoms with van der Waals surface area (Å²) >= 11 is 0. The Morgan fingerprint density at radius 2 is 1.86 bits per heavy atom. The number of hydrogen-bond acceptors (Lipinski definition) is 2. The highest BCUT2D eigenvalue weighted by molar-refractivity contribution is 4.75. The molecule has 0 saturated carbocycles. The molecule has 86 valence electrons. The quantitative estimate of drug-likeness (QED) is 0.630. The van der Waals surface area contributed by atoms with E-state index in [4.69, 9.17) is 0 Å². The summed E-state index contributed by atoms with van der Waals surface area (Å²) in [6.45, 7) is 3.75. The molecular formula is C8H16F4N2. The van der Waals surface area contributed by atoms with Crippen LogP contribution in [0.4, 0.5) is 17.6 Å². The summed E-state index contributed by atoms with van der Waals surface area (Å²) in [7, 11) is 0. The van der Waals surface area contributed by atoms with Gasteiger partial charge in [0.25, 0.3) is 0 Å². The van der Waals surface area contributed by atoms with Gasteiger partial charge in [0.05, 0.1) is 6.54 Å². The molecule has 0 aliphatic rings. The van der Waals surface area contributed by atoms with Crippen molar-refractivity contribution >= 4 is 0 Å². The standard InChI is InChI=1S/C8H16F4N2/c1-3-13-4-6(2)14-5-8(11,12)7(9)10/h6-7,13-14H,3-5H2,1-2H3. The van der Waals surface area contributed by atoms with Crippen LogP contribution in [0.15, 0.2) is 0 Å². The summed E-state index contributed by atoms with van der Waals surface area (Å²) in [5.41, 5.74) is 0. The van der Waals surface area contributed by atoms with Gasteiger partial charge in [-0.25, -0.2) is 8.78 Å². The molecule has 0 radical (unpaired) electrons. The highest BCUT2D eigenvalue weighted by Crippen LogP contribution is 2.21. The monoisotopic (exact) mass is 216 g/mol. The van der Waals surface area contributed by atoms with Crippen molar-refractivity contribution in [1.29, 1.82) is 0 Å². The second kappa shape index (κ2) is 6.19. The van der Waals surface area contributed by atoms with Gasteiger partial charge < -0.3 is 10.6 Å². The Labute approximate surface area is 81.1 Å². The Morgan fingerprint density at radius 1 is 1.29 bits per heavy atom. The van der Waals surface area contributed by atoms with Crippen molar-refractivity contribution in [3.63, 3.8) is 0 Å². The summed E-state index contributed by atoms with van der Waals surface area (Å²) in [6, 6.07) is -0.250. The van der Waals surface area contributed by atoms with Crippen molar-refractivity contribution in [3.05, 3.63) is 0 Å². The van der Waals surface area contributed by atoms with E-state index in [1.54, 1.807) is 6.92 Å². The first-order chi connectivity index (χ1) is 6.40. The molecule has 0 aliphatic heterocycles. The molecule has 2 nitrogen and oxygen atoms in total. The normalized spacial score (nSPS) is 14.8. The van der Waals surface area contributed by atoms with Crippen LogP contribution in [-0.4, -0.2) is 38.0 Å². The average molecular weight is 216 g/mol. The third-order valence-corrected chi connectivity index (χ3v) is 1.71. The molecule has 6 heteroatoms. The van der Waals surface area contributed by atoms with Crippen LogP contribution in [0.5, 0.6) is 0 Å². The predicted molar refractivity (Wildman–Crippen MR) is 47.0 cm³/mol. The molecule has 0 bridgehead atoms.